The van der Waals surface area contributed by atoms with Crippen molar-refractivity contribution in [2.45, 2.75) is 27.7 Å². The van der Waals surface area contributed by atoms with Gasteiger partial charge in [0.05, 0.1) is 22.8 Å². The predicted molar refractivity (Wildman–Crippen MR) is 64.9 cm³/mol. The Hall–Kier alpha value is -1.98. The van der Waals surface area contributed by atoms with Gasteiger partial charge in [-0.2, -0.15) is 10.2 Å². The van der Waals surface area contributed by atoms with E-state index in [0.29, 0.717) is 0 Å². The van der Waals surface area contributed by atoms with Gasteiger partial charge in [-0.1, -0.05) is 0 Å². The summed E-state index contributed by atoms with van der Waals surface area (Å²) in [4.78, 5) is 0. The molecule has 0 bridgehead atoms. The monoisotopic (exact) mass is 232 g/mol. The molecule has 2 heterocycles. The Bertz CT molecular complexity index is 556. The second-order valence-electron chi connectivity index (χ2n) is 4.13. The number of nitrogens with zero attached hydrogens (tertiary/aromatic N) is 5. The molecule has 0 fully saturated rings. The van der Waals surface area contributed by atoms with Crippen LogP contribution in [-0.4, -0.2) is 20.0 Å². The second kappa shape index (κ2) is 4.12. The van der Waals surface area contributed by atoms with Gasteiger partial charge in [-0.25, -0.2) is 0 Å². The zero-order chi connectivity index (χ0) is 12.6. The van der Waals surface area contributed by atoms with Crippen LogP contribution in [0.2, 0.25) is 0 Å². The molecule has 90 valence electrons. The summed E-state index contributed by atoms with van der Waals surface area (Å²) >= 11 is 0. The number of nitrogens with one attached hydrogen (secondary N) is 1. The molecule has 2 rings (SSSR count). The lowest BCUT2D eigenvalue weighted by Gasteiger charge is -1.94. The van der Waals surface area contributed by atoms with Gasteiger partial charge in [0.1, 0.15) is 11.4 Å². The highest BCUT2D eigenvalue weighted by Crippen LogP contribution is 2.27. The highest BCUT2D eigenvalue weighted by Gasteiger charge is 2.09. The van der Waals surface area contributed by atoms with Crippen molar-refractivity contribution >= 4 is 11.4 Å². The fraction of sp³-hybridized carbons (Fsp3) is 0.455. The quantitative estimate of drug-likeness (QED) is 0.809. The number of hydrogen-bond acceptors (Lipinski definition) is 4. The maximum atomic E-state index is 4.29. The summed E-state index contributed by atoms with van der Waals surface area (Å²) in [6, 6.07) is 0. The smallest absolute Gasteiger partial charge is 0.129 e. The van der Waals surface area contributed by atoms with Crippen molar-refractivity contribution in [1.82, 2.24) is 20.0 Å². The third-order valence-corrected chi connectivity index (χ3v) is 2.81. The maximum absolute atomic E-state index is 4.29. The van der Waals surface area contributed by atoms with Crippen molar-refractivity contribution < 1.29 is 0 Å². The molecule has 0 aliphatic carbocycles. The SMILES string of the molecule is Cc1n[nH]c(C)c1N=Nc1c(C)nn(C)c1C. The Morgan fingerprint density at radius 2 is 1.65 bits per heavy atom. The highest BCUT2D eigenvalue weighted by atomic mass is 15.3. The number of rotatable bonds is 2. The van der Waals surface area contributed by atoms with Crippen LogP contribution in [0.15, 0.2) is 10.2 Å². The van der Waals surface area contributed by atoms with Crippen LogP contribution in [0.5, 0.6) is 0 Å². The Labute approximate surface area is 99.8 Å². The van der Waals surface area contributed by atoms with Crippen molar-refractivity contribution in [2.75, 3.05) is 0 Å². The molecule has 0 unspecified atom stereocenters. The van der Waals surface area contributed by atoms with Crippen LogP contribution >= 0.6 is 0 Å². The van der Waals surface area contributed by atoms with Gasteiger partial charge in [-0.05, 0) is 27.7 Å². The molecule has 0 aliphatic heterocycles. The zero-order valence-electron chi connectivity index (χ0n) is 10.7. The molecule has 0 saturated heterocycles. The minimum absolute atomic E-state index is 0.799. The molecule has 0 radical (unpaired) electrons. The van der Waals surface area contributed by atoms with E-state index in [1.165, 1.54) is 0 Å². The Morgan fingerprint density at radius 3 is 2.12 bits per heavy atom. The van der Waals surface area contributed by atoms with Crippen molar-refractivity contribution in [3.63, 3.8) is 0 Å². The van der Waals surface area contributed by atoms with E-state index in [2.05, 4.69) is 25.5 Å². The summed E-state index contributed by atoms with van der Waals surface area (Å²) in [6.45, 7) is 7.73. The Kier molecular flexibility index (Phi) is 2.79. The molecular weight excluding hydrogens is 216 g/mol. The number of H-pyrrole nitrogens is 1. The normalized spacial score (nSPS) is 11.6. The van der Waals surface area contributed by atoms with E-state index in [1.807, 2.05) is 34.7 Å². The zero-order valence-corrected chi connectivity index (χ0v) is 10.7. The number of aromatic nitrogens is 4. The first kappa shape index (κ1) is 11.5. The summed E-state index contributed by atoms with van der Waals surface area (Å²) in [5, 5.41) is 19.8. The van der Waals surface area contributed by atoms with Crippen LogP contribution in [-0.2, 0) is 7.05 Å². The molecule has 0 aliphatic rings. The molecule has 0 aromatic carbocycles. The first-order chi connectivity index (χ1) is 8.00. The molecular formula is C11H16N6. The fourth-order valence-corrected chi connectivity index (χ4v) is 1.70. The van der Waals surface area contributed by atoms with Gasteiger partial charge < -0.3 is 0 Å². The largest absolute Gasteiger partial charge is 0.280 e. The molecule has 17 heavy (non-hydrogen) atoms. The van der Waals surface area contributed by atoms with Gasteiger partial charge >= 0.3 is 0 Å². The highest BCUT2D eigenvalue weighted by molar-refractivity contribution is 5.49. The minimum atomic E-state index is 0.799. The van der Waals surface area contributed by atoms with E-state index >= 15 is 0 Å². The fourth-order valence-electron chi connectivity index (χ4n) is 1.70. The molecule has 2 aromatic heterocycles. The van der Waals surface area contributed by atoms with Crippen LogP contribution in [0.25, 0.3) is 0 Å². The average Bonchev–Trinajstić information content (AvgIpc) is 2.70. The molecule has 0 spiro atoms. The molecule has 0 saturated carbocycles. The van der Waals surface area contributed by atoms with Crippen LogP contribution < -0.4 is 0 Å². The molecule has 1 N–H and O–H groups in total. The average molecular weight is 232 g/mol. The molecule has 6 nitrogen and oxygen atoms in total. The number of aryl methyl sites for hydroxylation is 4. The summed E-state index contributed by atoms with van der Waals surface area (Å²) in [6.07, 6.45) is 0. The summed E-state index contributed by atoms with van der Waals surface area (Å²) in [5.74, 6) is 0. The van der Waals surface area contributed by atoms with Gasteiger partial charge in [-0.15, -0.1) is 10.2 Å². The minimum Gasteiger partial charge on any atom is -0.280 e. The second-order valence-corrected chi connectivity index (χ2v) is 4.13. The van der Waals surface area contributed by atoms with E-state index in [1.54, 1.807) is 4.68 Å². The van der Waals surface area contributed by atoms with E-state index in [0.717, 1.165) is 34.2 Å². The molecule has 2 aromatic rings. The van der Waals surface area contributed by atoms with Gasteiger partial charge in [-0.3, -0.25) is 9.78 Å². The predicted octanol–water partition coefficient (Wildman–Crippen LogP) is 2.79. The van der Waals surface area contributed by atoms with Crippen LogP contribution in [0.3, 0.4) is 0 Å². The molecule has 0 amide bonds. The van der Waals surface area contributed by atoms with Crippen molar-refractivity contribution in [2.24, 2.45) is 17.3 Å². The Balaban J connectivity index is 2.39. The molecule has 6 heteroatoms. The molecule has 0 atom stereocenters. The van der Waals surface area contributed by atoms with E-state index < -0.39 is 0 Å². The lowest BCUT2D eigenvalue weighted by molar-refractivity contribution is 0.731. The van der Waals surface area contributed by atoms with Crippen molar-refractivity contribution in [1.29, 1.82) is 0 Å². The van der Waals surface area contributed by atoms with Gasteiger partial charge in [0.2, 0.25) is 0 Å². The third kappa shape index (κ3) is 1.98. The summed E-state index contributed by atoms with van der Waals surface area (Å²) in [5.41, 5.74) is 5.29. The first-order valence-electron chi connectivity index (χ1n) is 5.44. The topological polar surface area (TPSA) is 71.2 Å². The van der Waals surface area contributed by atoms with E-state index in [4.69, 9.17) is 0 Å². The number of aromatic amines is 1. The van der Waals surface area contributed by atoms with E-state index in [-0.39, 0.29) is 0 Å². The van der Waals surface area contributed by atoms with Crippen LogP contribution in [0.4, 0.5) is 11.4 Å². The first-order valence-corrected chi connectivity index (χ1v) is 5.44. The van der Waals surface area contributed by atoms with Crippen molar-refractivity contribution in [3.8, 4) is 0 Å². The van der Waals surface area contributed by atoms with Crippen molar-refractivity contribution in [3.05, 3.63) is 22.8 Å². The third-order valence-electron chi connectivity index (χ3n) is 2.81. The standard InChI is InChI=1S/C11H16N6/c1-6-10(7(2)13-12-6)14-15-11-8(3)16-17(5)9(11)4/h1-5H3,(H,12,13). The van der Waals surface area contributed by atoms with Gasteiger partial charge in [0, 0.05) is 7.05 Å². The maximum Gasteiger partial charge on any atom is 0.129 e. The lowest BCUT2D eigenvalue weighted by atomic mass is 10.3. The van der Waals surface area contributed by atoms with Gasteiger partial charge in [0.15, 0.2) is 0 Å². The lowest BCUT2D eigenvalue weighted by Crippen LogP contribution is -1.91. The van der Waals surface area contributed by atoms with Crippen LogP contribution in [0, 0.1) is 27.7 Å². The van der Waals surface area contributed by atoms with Crippen LogP contribution in [0.1, 0.15) is 22.8 Å². The number of hydrogen-bond donors (Lipinski definition) is 1. The van der Waals surface area contributed by atoms with E-state index in [9.17, 15) is 0 Å². The summed E-state index contributed by atoms with van der Waals surface area (Å²) in [7, 11) is 1.90. The summed E-state index contributed by atoms with van der Waals surface area (Å²) < 4.78 is 1.80. The Morgan fingerprint density at radius 1 is 1.00 bits per heavy atom. The van der Waals surface area contributed by atoms with Gasteiger partial charge in [0.25, 0.3) is 0 Å². The number of azo groups is 1.